The van der Waals surface area contributed by atoms with Crippen LogP contribution in [0.3, 0.4) is 0 Å². The van der Waals surface area contributed by atoms with Crippen LogP contribution in [0.4, 0.5) is 0 Å². The molecule has 0 aromatic heterocycles. The molecule has 0 bridgehead atoms. The third kappa shape index (κ3) is 3.46. The quantitative estimate of drug-likeness (QED) is 0.790. The molecule has 0 amide bonds. The zero-order valence-corrected chi connectivity index (χ0v) is 10.9. The minimum Gasteiger partial charge on any atom is -0.320 e. The van der Waals surface area contributed by atoms with Crippen LogP contribution in [0.2, 0.25) is 0 Å². The maximum Gasteiger partial charge on any atom is 0.00952 e. The highest BCUT2D eigenvalue weighted by Crippen LogP contribution is 2.27. The van der Waals surface area contributed by atoms with Gasteiger partial charge in [0.15, 0.2) is 0 Å². The van der Waals surface area contributed by atoms with E-state index >= 15 is 0 Å². The standard InChI is InChI=1S/C14H28N2/c1-15-10-7-13-8-11-16(12-9-13)14-5-3-2-4-6-14/h13-15H,2-12H2,1H3. The first kappa shape index (κ1) is 12.4. The number of hydrogen-bond donors (Lipinski definition) is 1. The van der Waals surface area contributed by atoms with Crippen LogP contribution in [0.15, 0.2) is 0 Å². The number of piperidine rings is 1. The Kier molecular flexibility index (Phi) is 5.11. The Labute approximate surface area is 101 Å². The van der Waals surface area contributed by atoms with Gasteiger partial charge in [-0.15, -0.1) is 0 Å². The van der Waals surface area contributed by atoms with Gasteiger partial charge in [-0.3, -0.25) is 0 Å². The first-order valence-electron chi connectivity index (χ1n) is 7.29. The summed E-state index contributed by atoms with van der Waals surface area (Å²) in [5.41, 5.74) is 0. The van der Waals surface area contributed by atoms with Crippen LogP contribution in [0.1, 0.15) is 51.4 Å². The van der Waals surface area contributed by atoms with Gasteiger partial charge in [-0.25, -0.2) is 0 Å². The van der Waals surface area contributed by atoms with E-state index in [2.05, 4.69) is 17.3 Å². The van der Waals surface area contributed by atoms with Crippen LogP contribution < -0.4 is 5.32 Å². The molecule has 0 unspecified atom stereocenters. The summed E-state index contributed by atoms with van der Waals surface area (Å²) in [4.78, 5) is 2.79. The van der Waals surface area contributed by atoms with E-state index in [-0.39, 0.29) is 0 Å². The Morgan fingerprint density at radius 3 is 2.31 bits per heavy atom. The van der Waals surface area contributed by atoms with Gasteiger partial charge < -0.3 is 10.2 Å². The number of likely N-dealkylation sites (tertiary alicyclic amines) is 1. The molecule has 1 N–H and O–H groups in total. The fourth-order valence-electron chi connectivity index (χ4n) is 3.40. The van der Waals surface area contributed by atoms with E-state index in [1.807, 2.05) is 0 Å². The van der Waals surface area contributed by atoms with Gasteiger partial charge in [-0.1, -0.05) is 19.3 Å². The van der Waals surface area contributed by atoms with Crippen LogP contribution in [-0.2, 0) is 0 Å². The van der Waals surface area contributed by atoms with E-state index in [4.69, 9.17) is 0 Å². The van der Waals surface area contributed by atoms with E-state index in [0.717, 1.165) is 12.0 Å². The van der Waals surface area contributed by atoms with Crippen LogP contribution in [0.25, 0.3) is 0 Å². The molecule has 0 aromatic carbocycles. The normalized spacial score (nSPS) is 26.1. The van der Waals surface area contributed by atoms with Gasteiger partial charge in [0.2, 0.25) is 0 Å². The molecule has 0 spiro atoms. The predicted octanol–water partition coefficient (Wildman–Crippen LogP) is 2.64. The van der Waals surface area contributed by atoms with Crippen LogP contribution in [0, 0.1) is 5.92 Å². The summed E-state index contributed by atoms with van der Waals surface area (Å²) in [5, 5.41) is 3.28. The molecule has 1 saturated carbocycles. The van der Waals surface area contributed by atoms with Gasteiger partial charge in [0.05, 0.1) is 0 Å². The lowest BCUT2D eigenvalue weighted by molar-refractivity contribution is 0.104. The van der Waals surface area contributed by atoms with Crippen molar-refractivity contribution in [1.82, 2.24) is 10.2 Å². The summed E-state index contributed by atoms with van der Waals surface area (Å²) >= 11 is 0. The molecule has 0 radical (unpaired) electrons. The zero-order valence-electron chi connectivity index (χ0n) is 10.9. The van der Waals surface area contributed by atoms with Crippen LogP contribution in [-0.4, -0.2) is 37.6 Å². The zero-order chi connectivity index (χ0) is 11.2. The molecule has 2 nitrogen and oxygen atoms in total. The molecule has 0 atom stereocenters. The van der Waals surface area contributed by atoms with E-state index < -0.39 is 0 Å². The van der Waals surface area contributed by atoms with E-state index in [0.29, 0.717) is 0 Å². The fraction of sp³-hybridized carbons (Fsp3) is 1.00. The van der Waals surface area contributed by atoms with Crippen LogP contribution >= 0.6 is 0 Å². The molecular weight excluding hydrogens is 196 g/mol. The minimum atomic E-state index is 0.944. The third-order valence-electron chi connectivity index (χ3n) is 4.54. The summed E-state index contributed by atoms with van der Waals surface area (Å²) in [6.07, 6.45) is 11.7. The van der Waals surface area contributed by atoms with E-state index in [9.17, 15) is 0 Å². The summed E-state index contributed by atoms with van der Waals surface area (Å²) < 4.78 is 0. The van der Waals surface area contributed by atoms with Crippen molar-refractivity contribution in [3.63, 3.8) is 0 Å². The topological polar surface area (TPSA) is 15.3 Å². The molecule has 2 heteroatoms. The van der Waals surface area contributed by atoms with E-state index in [1.165, 1.54) is 71.0 Å². The highest BCUT2D eigenvalue weighted by Gasteiger charge is 2.25. The van der Waals surface area contributed by atoms with Crippen molar-refractivity contribution in [3.05, 3.63) is 0 Å². The Morgan fingerprint density at radius 2 is 1.69 bits per heavy atom. The molecule has 1 heterocycles. The average molecular weight is 224 g/mol. The number of rotatable bonds is 4. The molecular formula is C14H28N2. The van der Waals surface area contributed by atoms with Crippen molar-refractivity contribution in [1.29, 1.82) is 0 Å². The second-order valence-electron chi connectivity index (χ2n) is 5.66. The number of hydrogen-bond acceptors (Lipinski definition) is 2. The Bertz CT molecular complexity index is 179. The highest BCUT2D eigenvalue weighted by molar-refractivity contribution is 4.80. The summed E-state index contributed by atoms with van der Waals surface area (Å²) in [6.45, 7) is 3.95. The molecule has 2 aliphatic rings. The summed E-state index contributed by atoms with van der Waals surface area (Å²) in [6, 6.07) is 0.944. The molecule has 1 aliphatic carbocycles. The largest absolute Gasteiger partial charge is 0.320 e. The first-order valence-corrected chi connectivity index (χ1v) is 7.29. The second kappa shape index (κ2) is 6.61. The van der Waals surface area contributed by atoms with Gasteiger partial charge in [-0.05, 0) is 64.7 Å². The Balaban J connectivity index is 1.67. The van der Waals surface area contributed by atoms with Crippen molar-refractivity contribution in [3.8, 4) is 0 Å². The summed E-state index contributed by atoms with van der Waals surface area (Å²) in [7, 11) is 2.07. The van der Waals surface area contributed by atoms with Gasteiger partial charge in [0.1, 0.15) is 0 Å². The predicted molar refractivity (Wildman–Crippen MR) is 69.7 cm³/mol. The highest BCUT2D eigenvalue weighted by atomic mass is 15.2. The van der Waals surface area contributed by atoms with Crippen molar-refractivity contribution in [2.75, 3.05) is 26.7 Å². The van der Waals surface area contributed by atoms with Crippen molar-refractivity contribution in [2.24, 2.45) is 5.92 Å². The first-order chi connectivity index (χ1) is 7.90. The van der Waals surface area contributed by atoms with E-state index in [1.54, 1.807) is 0 Å². The third-order valence-corrected chi connectivity index (χ3v) is 4.54. The maximum absolute atomic E-state index is 3.28. The van der Waals surface area contributed by atoms with Gasteiger partial charge in [-0.2, -0.15) is 0 Å². The lowest BCUT2D eigenvalue weighted by atomic mass is 9.89. The molecule has 0 aromatic rings. The summed E-state index contributed by atoms with van der Waals surface area (Å²) in [5.74, 6) is 0.993. The minimum absolute atomic E-state index is 0.944. The van der Waals surface area contributed by atoms with Gasteiger partial charge in [0.25, 0.3) is 0 Å². The molecule has 2 rings (SSSR count). The molecule has 2 fully saturated rings. The number of nitrogens with one attached hydrogen (secondary N) is 1. The molecule has 1 aliphatic heterocycles. The molecule has 16 heavy (non-hydrogen) atoms. The van der Waals surface area contributed by atoms with Gasteiger partial charge in [0, 0.05) is 6.04 Å². The lowest BCUT2D eigenvalue weighted by Crippen LogP contribution is -2.42. The van der Waals surface area contributed by atoms with Crippen molar-refractivity contribution in [2.45, 2.75) is 57.4 Å². The Morgan fingerprint density at radius 1 is 1.00 bits per heavy atom. The molecule has 94 valence electrons. The number of nitrogens with zero attached hydrogens (tertiary/aromatic N) is 1. The molecule has 1 saturated heterocycles. The van der Waals surface area contributed by atoms with Gasteiger partial charge >= 0.3 is 0 Å². The monoisotopic (exact) mass is 224 g/mol. The van der Waals surface area contributed by atoms with Crippen molar-refractivity contribution < 1.29 is 0 Å². The second-order valence-corrected chi connectivity index (χ2v) is 5.66. The lowest BCUT2D eigenvalue weighted by Gasteiger charge is -2.39. The SMILES string of the molecule is CNCCC1CCN(C2CCCCC2)CC1. The van der Waals surface area contributed by atoms with Crippen molar-refractivity contribution >= 4 is 0 Å². The fourth-order valence-corrected chi connectivity index (χ4v) is 3.40. The van der Waals surface area contributed by atoms with Crippen LogP contribution in [0.5, 0.6) is 0 Å². The Hall–Kier alpha value is -0.0800. The average Bonchev–Trinajstić information content (AvgIpc) is 2.38. The maximum atomic E-state index is 3.28. The smallest absolute Gasteiger partial charge is 0.00952 e.